The summed E-state index contributed by atoms with van der Waals surface area (Å²) in [7, 11) is 0. The minimum atomic E-state index is 0.604. The monoisotopic (exact) mass is 1810 g/mol. The normalized spacial score (nSPS) is 11.7. The highest BCUT2D eigenvalue weighted by molar-refractivity contribution is 6.17. The van der Waals surface area contributed by atoms with E-state index in [0.717, 1.165) is 145 Å². The number of aromatic nitrogens is 14. The highest BCUT2D eigenvalue weighted by atomic mass is 15.2. The van der Waals surface area contributed by atoms with Crippen molar-refractivity contribution in [3.63, 3.8) is 0 Å². The zero-order valence-electron chi connectivity index (χ0n) is 76.6. The molecule has 0 unspecified atom stereocenters. The number of fused-ring (bicyclic) bond motifs is 19. The molecule has 13 aromatic heterocycles. The van der Waals surface area contributed by atoms with Crippen LogP contribution in [-0.4, -0.2) is 67.3 Å². The first-order chi connectivity index (χ1) is 70.4. The van der Waals surface area contributed by atoms with Gasteiger partial charge in [-0.2, -0.15) is 0 Å². The van der Waals surface area contributed by atoms with Crippen LogP contribution in [0.1, 0.15) is 0 Å². The summed E-state index contributed by atoms with van der Waals surface area (Å²) in [6, 6.07) is 163. The van der Waals surface area contributed by atoms with Crippen molar-refractivity contribution in [3.8, 4) is 113 Å². The Morgan fingerprint density at radius 2 is 0.507 bits per heavy atom. The van der Waals surface area contributed by atoms with Gasteiger partial charge >= 0.3 is 0 Å². The molecule has 0 aliphatic rings. The summed E-state index contributed by atoms with van der Waals surface area (Å²) < 4.78 is 13.8. The molecule has 0 saturated heterocycles. The van der Waals surface area contributed by atoms with Crippen molar-refractivity contribution in [3.05, 3.63) is 498 Å². The van der Waals surface area contributed by atoms with E-state index in [2.05, 4.69) is 425 Å². The quantitative estimate of drug-likeness (QED) is 0.111. The van der Waals surface area contributed by atoms with Crippen molar-refractivity contribution in [2.45, 2.75) is 0 Å². The van der Waals surface area contributed by atoms with Crippen LogP contribution in [-0.2, 0) is 0 Å². The minimum absolute atomic E-state index is 0.604. The average molecular weight is 1820 g/mol. The number of hydrogen-bond donors (Lipinski definition) is 0. The van der Waals surface area contributed by atoms with Gasteiger partial charge in [0.25, 0.3) is 0 Å². The third-order valence-corrected chi connectivity index (χ3v) is 27.7. The van der Waals surface area contributed by atoms with Crippen LogP contribution < -0.4 is 0 Å². The Kier molecular flexibility index (Phi) is 19.9. The Labute approximate surface area is 814 Å². The van der Waals surface area contributed by atoms with E-state index in [1.165, 1.54) is 104 Å². The zero-order chi connectivity index (χ0) is 93.7. The molecule has 14 heteroatoms. The second kappa shape index (κ2) is 34.4. The van der Waals surface area contributed by atoms with E-state index in [9.17, 15) is 0 Å². The SMILES string of the molecule is c1ccc(-c2nc(-n3c4ccc(-c5ccc6c7ccccc7n(-c7ccccc7)c6c5)cc4c4cccnc43)nc3ccccc23)cc1.c1ccc(-n2c3ccc(-c4ccc5c6ccccc6n(-c6ccccc6)c5c4)cc3c3ccncc32)cc1.c1ccc(-n2c3ccccc3c3ccc(-c4ccc5c(c4)c4cccnc4n5-c4ccc(-c5cc(-c6ccccn6)cc(-c6ccccn6)n5)cc4)cc32)cc1. The smallest absolute Gasteiger partial charge is 0.237 e. The number of benzene rings is 16. The van der Waals surface area contributed by atoms with Crippen molar-refractivity contribution >= 4 is 142 Å². The van der Waals surface area contributed by atoms with E-state index < -0.39 is 0 Å². The van der Waals surface area contributed by atoms with E-state index in [0.29, 0.717) is 5.95 Å². The fourth-order valence-electron chi connectivity index (χ4n) is 21.2. The van der Waals surface area contributed by atoms with Gasteiger partial charge in [0.15, 0.2) is 0 Å². The van der Waals surface area contributed by atoms with Crippen LogP contribution in [0.15, 0.2) is 498 Å². The maximum atomic E-state index is 5.20. The second-order valence-electron chi connectivity index (χ2n) is 35.8. The lowest BCUT2D eigenvalue weighted by molar-refractivity contribution is 0.998. The van der Waals surface area contributed by atoms with Crippen molar-refractivity contribution in [2.24, 2.45) is 0 Å². The minimum Gasteiger partial charge on any atom is -0.309 e. The van der Waals surface area contributed by atoms with E-state index >= 15 is 0 Å². The number of nitrogens with zero attached hydrogens (tertiary/aromatic N) is 14. The lowest BCUT2D eigenvalue weighted by Crippen LogP contribution is -2.04. The maximum Gasteiger partial charge on any atom is 0.237 e. The predicted octanol–water partition coefficient (Wildman–Crippen LogP) is 31.6. The van der Waals surface area contributed by atoms with Crippen molar-refractivity contribution in [2.75, 3.05) is 0 Å². The lowest BCUT2D eigenvalue weighted by atomic mass is 10.0. The van der Waals surface area contributed by atoms with Gasteiger partial charge in [-0.15, -0.1) is 0 Å². The summed E-state index contributed by atoms with van der Waals surface area (Å²) in [4.78, 5) is 38.8. The molecule has 0 aliphatic heterocycles. The highest BCUT2D eigenvalue weighted by Crippen LogP contribution is 2.45. The molecule has 29 rings (SSSR count). The molecule has 13 heterocycles. The Morgan fingerprint density at radius 3 is 1.00 bits per heavy atom. The van der Waals surface area contributed by atoms with Gasteiger partial charge in [-0.05, 0) is 240 Å². The Morgan fingerprint density at radius 1 is 0.155 bits per heavy atom. The summed E-state index contributed by atoms with van der Waals surface area (Å²) >= 11 is 0. The number of para-hydroxylation sites is 8. The molecule has 142 heavy (non-hydrogen) atoms. The maximum absolute atomic E-state index is 5.20. The van der Waals surface area contributed by atoms with Gasteiger partial charge < -0.3 is 18.3 Å². The number of hydrogen-bond acceptors (Lipinski definition) is 8. The molecule has 664 valence electrons. The van der Waals surface area contributed by atoms with Gasteiger partial charge in [0.1, 0.15) is 11.3 Å². The van der Waals surface area contributed by atoms with E-state index in [1.807, 2.05) is 110 Å². The molecule has 0 saturated carbocycles. The standard InChI is InChI=1S/C50H32N6.C43H27N5.C35H23N3/c1-2-11-37(12-3-1)55-47-17-5-4-13-39(47)40-24-20-35(32-49(40)55)34-21-25-48-42(29-34)41-14-10-28-53-50(41)56(48)38-22-18-33(19-23-38)45-30-36(43-15-6-8-26-51-43)31-46(54-45)44-16-7-9-27-52-44;1-3-12-28(13-4-1)41-35-17-7-9-19-37(35)45-43(46-41)48-39-24-22-29(26-36(39)34-18-11-25-44-42(34)48)30-21-23-33-32-16-8-10-20-38(32)47(40(33)27-30)31-14-5-2-6-15-31;1-3-9-26(10-4-1)37-32-14-8-7-13-28(32)29-17-15-25(22-34(29)37)24-16-18-33-31(21-24)30-19-20-36-23-35(30)38(33)27-11-5-2-6-12-27/h1-32H;1-27H;1-23H. The summed E-state index contributed by atoms with van der Waals surface area (Å²) in [5, 5.41) is 15.4. The topological polar surface area (TPSA) is 133 Å². The molecule has 0 amide bonds. The van der Waals surface area contributed by atoms with Crippen molar-refractivity contribution < 1.29 is 0 Å². The number of pyridine rings is 6. The van der Waals surface area contributed by atoms with Crippen LogP contribution in [0.4, 0.5) is 0 Å². The van der Waals surface area contributed by atoms with Crippen LogP contribution in [0.3, 0.4) is 0 Å². The Hall–Kier alpha value is -19.4. The summed E-state index contributed by atoms with van der Waals surface area (Å²) in [6.07, 6.45) is 11.2. The van der Waals surface area contributed by atoms with Gasteiger partial charge in [0.05, 0.1) is 95.4 Å². The van der Waals surface area contributed by atoms with E-state index in [1.54, 1.807) is 6.20 Å². The lowest BCUT2D eigenvalue weighted by Gasteiger charge is -2.11. The fraction of sp³-hybridized carbons (Fsp3) is 0. The predicted molar refractivity (Wildman–Crippen MR) is 583 cm³/mol. The second-order valence-corrected chi connectivity index (χ2v) is 35.8. The van der Waals surface area contributed by atoms with Crippen LogP contribution in [0.25, 0.3) is 255 Å². The molecule has 0 spiro atoms. The van der Waals surface area contributed by atoms with Crippen LogP contribution >= 0.6 is 0 Å². The van der Waals surface area contributed by atoms with Crippen molar-refractivity contribution in [1.82, 2.24) is 67.3 Å². The molecular weight excluding hydrogens is 1730 g/mol. The Bertz CT molecular complexity index is 9910. The summed E-state index contributed by atoms with van der Waals surface area (Å²) in [6.45, 7) is 0. The van der Waals surface area contributed by atoms with Crippen LogP contribution in [0.5, 0.6) is 0 Å². The van der Waals surface area contributed by atoms with E-state index in [-0.39, 0.29) is 0 Å². The first-order valence-corrected chi connectivity index (χ1v) is 47.7. The van der Waals surface area contributed by atoms with Gasteiger partial charge in [-0.1, -0.05) is 255 Å². The first-order valence-electron chi connectivity index (χ1n) is 47.7. The molecule has 0 bridgehead atoms. The Balaban J connectivity index is 0.000000108. The molecule has 0 atom stereocenters. The fourth-order valence-corrected chi connectivity index (χ4v) is 21.2. The molecule has 0 N–H and O–H groups in total. The molecule has 0 fully saturated rings. The first kappa shape index (κ1) is 82.1. The molecule has 16 aromatic carbocycles. The molecule has 14 nitrogen and oxygen atoms in total. The van der Waals surface area contributed by atoms with Gasteiger partial charge in [0, 0.05) is 146 Å². The summed E-state index contributed by atoms with van der Waals surface area (Å²) in [5.41, 5.74) is 34.2. The van der Waals surface area contributed by atoms with E-state index in [4.69, 9.17) is 24.9 Å². The molecular formula is C128H82N14. The molecule has 0 aliphatic carbocycles. The summed E-state index contributed by atoms with van der Waals surface area (Å²) in [5.74, 6) is 0.604. The van der Waals surface area contributed by atoms with Crippen LogP contribution in [0, 0.1) is 0 Å². The van der Waals surface area contributed by atoms with Crippen LogP contribution in [0.2, 0.25) is 0 Å². The highest BCUT2D eigenvalue weighted by Gasteiger charge is 2.25. The zero-order valence-corrected chi connectivity index (χ0v) is 76.6. The molecule has 0 radical (unpaired) electrons. The van der Waals surface area contributed by atoms with Gasteiger partial charge in [-0.25, -0.2) is 24.9 Å². The van der Waals surface area contributed by atoms with Gasteiger partial charge in [0.2, 0.25) is 5.95 Å². The van der Waals surface area contributed by atoms with Crippen molar-refractivity contribution in [1.29, 1.82) is 0 Å². The van der Waals surface area contributed by atoms with Gasteiger partial charge in [-0.3, -0.25) is 24.1 Å². The molecule has 29 aromatic rings. The third kappa shape index (κ3) is 14.1. The third-order valence-electron chi connectivity index (χ3n) is 27.7. The average Bonchev–Trinajstić information content (AvgIpc) is 1.59. The largest absolute Gasteiger partial charge is 0.309 e. The number of rotatable bonds is 13.